The molecule has 2 aromatic rings. The maximum atomic E-state index is 12.5. The van der Waals surface area contributed by atoms with Crippen molar-refractivity contribution in [3.8, 4) is 0 Å². The monoisotopic (exact) mass is 445 g/mol. The lowest BCUT2D eigenvalue weighted by atomic mass is 9.93. The first-order valence-electron chi connectivity index (χ1n) is 10.4. The summed E-state index contributed by atoms with van der Waals surface area (Å²) in [4.78, 5) is 26.7. The van der Waals surface area contributed by atoms with Gasteiger partial charge >= 0.3 is 0 Å². The third-order valence-corrected chi connectivity index (χ3v) is 5.74. The van der Waals surface area contributed by atoms with E-state index < -0.39 is 6.10 Å². The minimum atomic E-state index is -0.690. The van der Waals surface area contributed by atoms with Gasteiger partial charge < -0.3 is 25.4 Å². The van der Waals surface area contributed by atoms with Gasteiger partial charge in [0.15, 0.2) is 0 Å². The predicted molar refractivity (Wildman–Crippen MR) is 120 cm³/mol. The van der Waals surface area contributed by atoms with Gasteiger partial charge in [-0.3, -0.25) is 9.59 Å². The molecule has 1 unspecified atom stereocenters. The number of morpholine rings is 1. The van der Waals surface area contributed by atoms with Crippen LogP contribution in [0.3, 0.4) is 0 Å². The Hall–Kier alpha value is -2.45. The molecule has 0 aliphatic carbocycles. The number of hydrogen-bond donors (Lipinski definition) is 3. The number of nitrogens with zero attached hydrogens (tertiary/aromatic N) is 1. The molecule has 2 aromatic carbocycles. The largest absolute Gasteiger partial charge is 0.390 e. The highest BCUT2D eigenvalue weighted by Crippen LogP contribution is 2.18. The topological polar surface area (TPSA) is 90.9 Å². The second-order valence-corrected chi connectivity index (χ2v) is 7.72. The third kappa shape index (κ3) is 5.62. The number of fused-ring (bicyclic) bond motifs is 1. The maximum absolute atomic E-state index is 12.5. The van der Waals surface area contributed by atoms with Crippen LogP contribution in [0.1, 0.15) is 31.8 Å². The van der Waals surface area contributed by atoms with E-state index in [2.05, 4.69) is 22.8 Å². The number of aliphatic hydroxyl groups excluding tert-OH is 1. The molecule has 2 atom stereocenters. The second-order valence-electron chi connectivity index (χ2n) is 7.72. The van der Waals surface area contributed by atoms with Crippen molar-refractivity contribution in [2.45, 2.75) is 25.1 Å². The summed E-state index contributed by atoms with van der Waals surface area (Å²) in [5.74, 6) is -0.319. The zero-order valence-electron chi connectivity index (χ0n) is 17.3. The van der Waals surface area contributed by atoms with Crippen molar-refractivity contribution in [3.63, 3.8) is 0 Å². The molecule has 1 saturated heterocycles. The molecule has 0 saturated carbocycles. The van der Waals surface area contributed by atoms with Crippen molar-refractivity contribution in [2.24, 2.45) is 0 Å². The van der Waals surface area contributed by atoms with E-state index in [1.165, 1.54) is 11.1 Å². The first kappa shape index (κ1) is 23.2. The summed E-state index contributed by atoms with van der Waals surface area (Å²) in [6.07, 6.45) is 0.0374. The molecular weight excluding hydrogens is 418 g/mol. The smallest absolute Gasteiger partial charge is 0.254 e. The number of halogens is 1. The molecule has 4 rings (SSSR count). The zero-order valence-corrected chi connectivity index (χ0v) is 18.1. The number of ether oxygens (including phenoxy) is 1. The van der Waals surface area contributed by atoms with Crippen LogP contribution in [0.25, 0.3) is 0 Å². The molecule has 8 heteroatoms. The Morgan fingerprint density at radius 1 is 1.06 bits per heavy atom. The first-order chi connectivity index (χ1) is 14.6. The molecule has 0 spiro atoms. The van der Waals surface area contributed by atoms with Gasteiger partial charge in [0.05, 0.1) is 19.3 Å². The summed E-state index contributed by atoms with van der Waals surface area (Å²) < 4.78 is 5.27. The summed E-state index contributed by atoms with van der Waals surface area (Å²) in [6.45, 7) is 3.14. The van der Waals surface area contributed by atoms with Crippen LogP contribution in [0.5, 0.6) is 0 Å². The molecule has 0 bridgehead atoms. The summed E-state index contributed by atoms with van der Waals surface area (Å²) >= 11 is 0. The quantitative estimate of drug-likeness (QED) is 0.647. The highest BCUT2D eigenvalue weighted by Gasteiger charge is 2.25. The SMILES string of the molecule is Cl.O=C(NCC(O)[C@@H]1Cc2ccccc2CN1)c1ccc(C(=O)N2CCOCC2)cc1. The molecule has 166 valence electrons. The average Bonchev–Trinajstić information content (AvgIpc) is 2.82. The van der Waals surface area contributed by atoms with E-state index in [1.807, 2.05) is 12.1 Å². The Labute approximate surface area is 188 Å². The van der Waals surface area contributed by atoms with E-state index in [-0.39, 0.29) is 36.8 Å². The normalized spacial score (nSPS) is 19.0. The predicted octanol–water partition coefficient (Wildman–Crippen LogP) is 1.39. The van der Waals surface area contributed by atoms with E-state index in [0.717, 1.165) is 6.42 Å². The van der Waals surface area contributed by atoms with Crippen LogP contribution in [-0.4, -0.2) is 66.8 Å². The number of rotatable bonds is 5. The van der Waals surface area contributed by atoms with Crippen LogP contribution in [0.4, 0.5) is 0 Å². The highest BCUT2D eigenvalue weighted by atomic mass is 35.5. The van der Waals surface area contributed by atoms with Crippen molar-refractivity contribution < 1.29 is 19.4 Å². The number of hydrogen-bond acceptors (Lipinski definition) is 5. The van der Waals surface area contributed by atoms with E-state index in [4.69, 9.17) is 4.74 Å². The molecule has 1 fully saturated rings. The van der Waals surface area contributed by atoms with E-state index in [0.29, 0.717) is 44.0 Å². The summed E-state index contributed by atoms with van der Waals surface area (Å²) in [6, 6.07) is 14.7. The number of aliphatic hydroxyl groups is 1. The molecule has 0 aromatic heterocycles. The summed E-state index contributed by atoms with van der Waals surface area (Å²) in [5, 5.41) is 16.6. The Bertz CT molecular complexity index is 900. The summed E-state index contributed by atoms with van der Waals surface area (Å²) in [5.41, 5.74) is 3.49. The molecule has 0 radical (unpaired) electrons. The second kappa shape index (κ2) is 10.7. The molecule has 31 heavy (non-hydrogen) atoms. The van der Waals surface area contributed by atoms with Gasteiger partial charge in [0, 0.05) is 43.3 Å². The standard InChI is InChI=1S/C23H27N3O4.ClH/c27-21(20-13-18-3-1-2-4-19(18)14-24-20)15-25-22(28)16-5-7-17(8-6-16)23(29)26-9-11-30-12-10-26;/h1-8,20-21,24,27H,9-15H2,(H,25,28);1H/t20-,21?;/m0./s1. The zero-order chi connectivity index (χ0) is 20.9. The lowest BCUT2D eigenvalue weighted by Gasteiger charge is -2.30. The fraction of sp³-hybridized carbons (Fsp3) is 0.391. The molecule has 2 aliphatic rings. The van der Waals surface area contributed by atoms with Gasteiger partial charge in [-0.15, -0.1) is 12.4 Å². The Morgan fingerprint density at radius 3 is 2.42 bits per heavy atom. The van der Waals surface area contributed by atoms with Gasteiger partial charge in [-0.05, 0) is 41.8 Å². The van der Waals surface area contributed by atoms with E-state index in [9.17, 15) is 14.7 Å². The minimum absolute atomic E-state index is 0. The molecule has 2 amide bonds. The van der Waals surface area contributed by atoms with Crippen LogP contribution in [0.2, 0.25) is 0 Å². The molecule has 2 aliphatic heterocycles. The molecule has 2 heterocycles. The van der Waals surface area contributed by atoms with Gasteiger partial charge in [-0.1, -0.05) is 24.3 Å². The van der Waals surface area contributed by atoms with E-state index in [1.54, 1.807) is 29.2 Å². The highest BCUT2D eigenvalue weighted by molar-refractivity contribution is 5.97. The molecule has 7 nitrogen and oxygen atoms in total. The van der Waals surface area contributed by atoms with Gasteiger partial charge in [-0.2, -0.15) is 0 Å². The maximum Gasteiger partial charge on any atom is 0.254 e. The van der Waals surface area contributed by atoms with Crippen LogP contribution in [-0.2, 0) is 17.7 Å². The lowest BCUT2D eigenvalue weighted by molar-refractivity contribution is 0.0303. The minimum Gasteiger partial charge on any atom is -0.390 e. The van der Waals surface area contributed by atoms with Crippen LogP contribution in [0, 0.1) is 0 Å². The van der Waals surface area contributed by atoms with Gasteiger partial charge in [0.25, 0.3) is 11.8 Å². The van der Waals surface area contributed by atoms with Crippen LogP contribution < -0.4 is 10.6 Å². The van der Waals surface area contributed by atoms with Crippen molar-refractivity contribution in [1.82, 2.24) is 15.5 Å². The number of amides is 2. The van der Waals surface area contributed by atoms with Crippen molar-refractivity contribution in [2.75, 3.05) is 32.8 Å². The molecular formula is C23H28ClN3O4. The van der Waals surface area contributed by atoms with Crippen molar-refractivity contribution in [3.05, 3.63) is 70.8 Å². The number of carbonyl (C=O) groups is 2. The van der Waals surface area contributed by atoms with Gasteiger partial charge in [-0.25, -0.2) is 0 Å². The fourth-order valence-corrected chi connectivity index (χ4v) is 3.91. The van der Waals surface area contributed by atoms with Gasteiger partial charge in [0.2, 0.25) is 0 Å². The fourth-order valence-electron chi connectivity index (χ4n) is 3.91. The third-order valence-electron chi connectivity index (χ3n) is 5.74. The van der Waals surface area contributed by atoms with Crippen molar-refractivity contribution >= 4 is 24.2 Å². The molecule has 3 N–H and O–H groups in total. The first-order valence-corrected chi connectivity index (χ1v) is 10.4. The number of nitrogens with one attached hydrogen (secondary N) is 2. The Morgan fingerprint density at radius 2 is 1.71 bits per heavy atom. The van der Waals surface area contributed by atoms with Gasteiger partial charge in [0.1, 0.15) is 0 Å². The van der Waals surface area contributed by atoms with Crippen LogP contribution >= 0.6 is 12.4 Å². The Kier molecular flexibility index (Phi) is 8.03. The number of carbonyl (C=O) groups excluding carboxylic acids is 2. The lowest BCUT2D eigenvalue weighted by Crippen LogP contribution is -2.49. The van der Waals surface area contributed by atoms with E-state index >= 15 is 0 Å². The van der Waals surface area contributed by atoms with Crippen molar-refractivity contribution in [1.29, 1.82) is 0 Å². The number of benzene rings is 2. The average molecular weight is 446 g/mol. The summed E-state index contributed by atoms with van der Waals surface area (Å²) in [7, 11) is 0. The Balaban J connectivity index is 0.00000272. The van der Waals surface area contributed by atoms with Crippen LogP contribution in [0.15, 0.2) is 48.5 Å².